The summed E-state index contributed by atoms with van der Waals surface area (Å²) in [6.45, 7) is 4.84. The number of nitrogens with one attached hydrogen (secondary N) is 2. The van der Waals surface area contributed by atoms with Crippen LogP contribution in [0.5, 0.6) is 0 Å². The molecule has 2 aromatic rings. The second kappa shape index (κ2) is 9.31. The molecule has 1 unspecified atom stereocenters. The first-order valence-electron chi connectivity index (χ1n) is 8.62. The van der Waals surface area contributed by atoms with Gasteiger partial charge in [-0.3, -0.25) is 0 Å². The van der Waals surface area contributed by atoms with Crippen LogP contribution >= 0.6 is 0 Å². The fraction of sp³-hybridized carbons (Fsp3) is 0.421. The fourth-order valence-electron chi connectivity index (χ4n) is 2.26. The quantitative estimate of drug-likeness (QED) is 0.564. The van der Waals surface area contributed by atoms with Gasteiger partial charge in [-0.1, -0.05) is 19.1 Å². The third kappa shape index (κ3) is 6.46. The van der Waals surface area contributed by atoms with Crippen LogP contribution in [0.1, 0.15) is 37.2 Å². The van der Waals surface area contributed by atoms with E-state index in [0.717, 1.165) is 24.3 Å². The zero-order valence-corrected chi connectivity index (χ0v) is 14.9. The largest absolute Gasteiger partial charge is 0.469 e. The molecule has 0 amide bonds. The molecule has 2 rings (SSSR count). The van der Waals surface area contributed by atoms with Gasteiger partial charge in [0, 0.05) is 19.0 Å². The molecule has 142 valence electrons. The molecule has 0 saturated carbocycles. The first kappa shape index (κ1) is 19.9. The molecule has 0 aliphatic carbocycles. The predicted octanol–water partition coefficient (Wildman–Crippen LogP) is 4.37. The molecular formula is C19H24F3N3O. The maximum absolute atomic E-state index is 12.8. The van der Waals surface area contributed by atoms with Crippen LogP contribution in [0, 0.1) is 0 Å². The van der Waals surface area contributed by atoms with E-state index in [1.54, 1.807) is 12.3 Å². The topological polar surface area (TPSA) is 49.6 Å². The van der Waals surface area contributed by atoms with Gasteiger partial charge in [0.15, 0.2) is 5.96 Å². The Labute approximate surface area is 151 Å². The number of nitrogens with zero attached hydrogens (tertiary/aromatic N) is 1. The molecule has 1 atom stereocenters. The molecule has 0 spiro atoms. The predicted molar refractivity (Wildman–Crippen MR) is 95.9 cm³/mol. The van der Waals surface area contributed by atoms with E-state index in [1.165, 1.54) is 6.07 Å². The third-order valence-corrected chi connectivity index (χ3v) is 3.91. The number of furan rings is 1. The fourth-order valence-corrected chi connectivity index (χ4v) is 2.26. The van der Waals surface area contributed by atoms with Gasteiger partial charge < -0.3 is 15.1 Å². The van der Waals surface area contributed by atoms with E-state index in [0.29, 0.717) is 24.5 Å². The van der Waals surface area contributed by atoms with Crippen LogP contribution in [0.25, 0.3) is 0 Å². The van der Waals surface area contributed by atoms with Crippen molar-refractivity contribution < 1.29 is 17.6 Å². The molecule has 0 radical (unpaired) electrons. The molecule has 7 heteroatoms. The van der Waals surface area contributed by atoms with Crippen molar-refractivity contribution in [2.75, 3.05) is 6.54 Å². The van der Waals surface area contributed by atoms with Gasteiger partial charge in [-0.2, -0.15) is 13.2 Å². The lowest BCUT2D eigenvalue weighted by Gasteiger charge is -2.17. The van der Waals surface area contributed by atoms with Gasteiger partial charge in [-0.05, 0) is 43.2 Å². The van der Waals surface area contributed by atoms with Crippen molar-refractivity contribution in [1.82, 2.24) is 10.6 Å². The standard InChI is InChI=1S/C19H24F3N3O/c1-3-14(2)25-18(23-10-9-17-8-5-11-26-17)24-13-15-6-4-7-16(12-15)19(20,21)22/h4-8,11-12,14H,3,9-10,13H2,1-2H3,(H2,23,24,25). The minimum Gasteiger partial charge on any atom is -0.469 e. The molecular weight excluding hydrogens is 343 g/mol. The monoisotopic (exact) mass is 367 g/mol. The lowest BCUT2D eigenvalue weighted by Crippen LogP contribution is -2.42. The zero-order chi connectivity index (χ0) is 19.0. The first-order valence-corrected chi connectivity index (χ1v) is 8.62. The van der Waals surface area contributed by atoms with Crippen LogP contribution in [0.3, 0.4) is 0 Å². The smallest absolute Gasteiger partial charge is 0.416 e. The average Bonchev–Trinajstić information content (AvgIpc) is 3.12. The Morgan fingerprint density at radius 3 is 2.69 bits per heavy atom. The molecule has 26 heavy (non-hydrogen) atoms. The van der Waals surface area contributed by atoms with Crippen LogP contribution in [0.15, 0.2) is 52.1 Å². The number of guanidine groups is 1. The Morgan fingerprint density at radius 2 is 2.04 bits per heavy atom. The van der Waals surface area contributed by atoms with E-state index in [2.05, 4.69) is 15.6 Å². The van der Waals surface area contributed by atoms with Crippen molar-refractivity contribution in [3.63, 3.8) is 0 Å². The van der Waals surface area contributed by atoms with E-state index in [9.17, 15) is 13.2 Å². The highest BCUT2D eigenvalue weighted by Gasteiger charge is 2.30. The number of benzene rings is 1. The Balaban J connectivity index is 2.01. The summed E-state index contributed by atoms with van der Waals surface area (Å²) in [6, 6.07) is 9.16. The minimum atomic E-state index is -4.35. The van der Waals surface area contributed by atoms with Crippen molar-refractivity contribution in [2.45, 2.75) is 45.5 Å². The van der Waals surface area contributed by atoms with Crippen molar-refractivity contribution in [2.24, 2.45) is 4.99 Å². The summed E-state index contributed by atoms with van der Waals surface area (Å²) in [5, 5.41) is 6.44. The molecule has 2 N–H and O–H groups in total. The summed E-state index contributed by atoms with van der Waals surface area (Å²) < 4.78 is 43.7. The van der Waals surface area contributed by atoms with E-state index in [1.807, 2.05) is 26.0 Å². The van der Waals surface area contributed by atoms with Gasteiger partial charge >= 0.3 is 6.18 Å². The lowest BCUT2D eigenvalue weighted by atomic mass is 10.1. The first-order chi connectivity index (χ1) is 12.4. The Kier molecular flexibility index (Phi) is 7.12. The van der Waals surface area contributed by atoms with Crippen LogP contribution in [0.2, 0.25) is 0 Å². The van der Waals surface area contributed by atoms with Gasteiger partial charge in [0.1, 0.15) is 5.76 Å². The van der Waals surface area contributed by atoms with E-state index in [-0.39, 0.29) is 12.6 Å². The highest BCUT2D eigenvalue weighted by molar-refractivity contribution is 5.80. The molecule has 0 saturated heterocycles. The Bertz CT molecular complexity index is 696. The van der Waals surface area contributed by atoms with Gasteiger partial charge in [-0.25, -0.2) is 4.99 Å². The van der Waals surface area contributed by atoms with Gasteiger partial charge in [0.2, 0.25) is 0 Å². The lowest BCUT2D eigenvalue weighted by molar-refractivity contribution is -0.137. The average molecular weight is 367 g/mol. The number of halogens is 3. The SMILES string of the molecule is CCC(C)NC(=NCc1cccc(C(F)(F)F)c1)NCCc1ccco1. The van der Waals surface area contributed by atoms with E-state index < -0.39 is 11.7 Å². The summed E-state index contributed by atoms with van der Waals surface area (Å²) in [7, 11) is 0. The summed E-state index contributed by atoms with van der Waals surface area (Å²) >= 11 is 0. The Hall–Kier alpha value is -2.44. The summed E-state index contributed by atoms with van der Waals surface area (Å²) in [5.41, 5.74) is -0.150. The van der Waals surface area contributed by atoms with Gasteiger partial charge in [0.25, 0.3) is 0 Å². The molecule has 1 aromatic heterocycles. The summed E-state index contributed by atoms with van der Waals surface area (Å²) in [5.74, 6) is 1.43. The Morgan fingerprint density at radius 1 is 1.23 bits per heavy atom. The molecule has 0 bridgehead atoms. The van der Waals surface area contributed by atoms with Gasteiger partial charge in [-0.15, -0.1) is 0 Å². The highest BCUT2D eigenvalue weighted by atomic mass is 19.4. The molecule has 0 aliphatic rings. The molecule has 4 nitrogen and oxygen atoms in total. The van der Waals surface area contributed by atoms with E-state index >= 15 is 0 Å². The molecule has 0 fully saturated rings. The summed E-state index contributed by atoms with van der Waals surface area (Å²) in [6.07, 6.45) is -1.13. The molecule has 0 aliphatic heterocycles. The zero-order valence-electron chi connectivity index (χ0n) is 14.9. The minimum absolute atomic E-state index is 0.163. The van der Waals surface area contributed by atoms with Crippen LogP contribution in [-0.4, -0.2) is 18.5 Å². The number of hydrogen-bond donors (Lipinski definition) is 2. The van der Waals surface area contributed by atoms with Crippen LogP contribution < -0.4 is 10.6 Å². The number of alkyl halides is 3. The molecule has 1 aromatic carbocycles. The van der Waals surface area contributed by atoms with Crippen molar-refractivity contribution in [1.29, 1.82) is 0 Å². The van der Waals surface area contributed by atoms with Crippen molar-refractivity contribution in [3.8, 4) is 0 Å². The van der Waals surface area contributed by atoms with Crippen molar-refractivity contribution >= 4 is 5.96 Å². The third-order valence-electron chi connectivity index (χ3n) is 3.91. The number of rotatable bonds is 7. The maximum Gasteiger partial charge on any atom is 0.416 e. The second-order valence-corrected chi connectivity index (χ2v) is 6.07. The van der Waals surface area contributed by atoms with Crippen molar-refractivity contribution in [3.05, 3.63) is 59.5 Å². The number of aliphatic imine (C=N–C) groups is 1. The maximum atomic E-state index is 12.8. The highest BCUT2D eigenvalue weighted by Crippen LogP contribution is 2.29. The van der Waals surface area contributed by atoms with Crippen LogP contribution in [0.4, 0.5) is 13.2 Å². The van der Waals surface area contributed by atoms with E-state index in [4.69, 9.17) is 4.42 Å². The second-order valence-electron chi connectivity index (χ2n) is 6.07. The van der Waals surface area contributed by atoms with Gasteiger partial charge in [0.05, 0.1) is 18.4 Å². The molecule has 1 heterocycles. The van der Waals surface area contributed by atoms with Crippen LogP contribution in [-0.2, 0) is 19.1 Å². The summed E-state index contributed by atoms with van der Waals surface area (Å²) in [4.78, 5) is 4.42. The normalized spacial score (nSPS) is 13.5. The number of hydrogen-bond acceptors (Lipinski definition) is 2.